The summed E-state index contributed by atoms with van der Waals surface area (Å²) in [6.07, 6.45) is 0.796. The van der Waals surface area contributed by atoms with Crippen LogP contribution in [0.2, 0.25) is 0 Å². The zero-order valence-corrected chi connectivity index (χ0v) is 17.8. The number of nitrogens with zero attached hydrogens (tertiary/aromatic N) is 1. The lowest BCUT2D eigenvalue weighted by molar-refractivity contribution is 0.0985. The van der Waals surface area contributed by atoms with Crippen LogP contribution in [0.5, 0.6) is 0 Å². The van der Waals surface area contributed by atoms with Gasteiger partial charge in [0, 0.05) is 34.6 Å². The van der Waals surface area contributed by atoms with Crippen LogP contribution < -0.4 is 10.2 Å². The number of carbonyl (C=O) groups is 2. The van der Waals surface area contributed by atoms with Crippen molar-refractivity contribution in [3.63, 3.8) is 0 Å². The van der Waals surface area contributed by atoms with E-state index in [0.717, 1.165) is 28.8 Å². The standard InChI is InChI=1S/C26H26N2O3/c1-17-9-11-19(12-10-17)25(30)27-20-13-14-21(18(2)16-20)26(31)28-15-5-8-24(29)22-6-3-4-7-23(22)28/h3-4,6-7,9-14,16,24,29H,5,8,15H2,1-2H3,(H,27,30). The van der Waals surface area contributed by atoms with Gasteiger partial charge in [0.05, 0.1) is 6.10 Å². The largest absolute Gasteiger partial charge is 0.388 e. The van der Waals surface area contributed by atoms with Gasteiger partial charge in [-0.05, 0) is 68.7 Å². The first-order valence-electron chi connectivity index (χ1n) is 10.5. The van der Waals surface area contributed by atoms with Crippen molar-refractivity contribution in [2.75, 3.05) is 16.8 Å². The number of anilines is 2. The smallest absolute Gasteiger partial charge is 0.258 e. The third kappa shape index (κ3) is 4.37. The van der Waals surface area contributed by atoms with Gasteiger partial charge >= 0.3 is 0 Å². The number of aliphatic hydroxyl groups excluding tert-OH is 1. The van der Waals surface area contributed by atoms with Crippen molar-refractivity contribution in [3.8, 4) is 0 Å². The van der Waals surface area contributed by atoms with E-state index in [1.165, 1.54) is 0 Å². The van der Waals surface area contributed by atoms with Gasteiger partial charge in [0.15, 0.2) is 0 Å². The second-order valence-electron chi connectivity index (χ2n) is 8.02. The SMILES string of the molecule is Cc1ccc(C(=O)Nc2ccc(C(=O)N3CCCC(O)c4ccccc43)c(C)c2)cc1. The van der Waals surface area contributed by atoms with Gasteiger partial charge in [-0.25, -0.2) is 0 Å². The molecule has 5 nitrogen and oxygen atoms in total. The molecule has 0 aliphatic carbocycles. The van der Waals surface area contributed by atoms with Crippen molar-refractivity contribution in [1.82, 2.24) is 0 Å². The van der Waals surface area contributed by atoms with E-state index < -0.39 is 6.10 Å². The number of fused-ring (bicyclic) bond motifs is 1. The van der Waals surface area contributed by atoms with E-state index in [9.17, 15) is 14.7 Å². The van der Waals surface area contributed by atoms with Gasteiger partial charge in [-0.3, -0.25) is 9.59 Å². The summed E-state index contributed by atoms with van der Waals surface area (Å²) in [4.78, 5) is 27.6. The second-order valence-corrected chi connectivity index (χ2v) is 8.02. The predicted molar refractivity (Wildman–Crippen MR) is 123 cm³/mol. The molecule has 2 amide bonds. The molecular weight excluding hydrogens is 388 g/mol. The summed E-state index contributed by atoms with van der Waals surface area (Å²) >= 11 is 0. The number of benzene rings is 3. The Hall–Kier alpha value is -3.44. The zero-order chi connectivity index (χ0) is 22.0. The van der Waals surface area contributed by atoms with Gasteiger partial charge in [-0.2, -0.15) is 0 Å². The lowest BCUT2D eigenvalue weighted by Crippen LogP contribution is -2.32. The van der Waals surface area contributed by atoms with Crippen LogP contribution in [0.3, 0.4) is 0 Å². The molecule has 3 aromatic carbocycles. The highest BCUT2D eigenvalue weighted by Crippen LogP contribution is 2.34. The molecule has 158 valence electrons. The van der Waals surface area contributed by atoms with Crippen molar-refractivity contribution in [2.24, 2.45) is 0 Å². The molecule has 31 heavy (non-hydrogen) atoms. The Morgan fingerprint density at radius 1 is 1.00 bits per heavy atom. The van der Waals surface area contributed by atoms with Gasteiger partial charge in [0.1, 0.15) is 0 Å². The van der Waals surface area contributed by atoms with E-state index in [0.29, 0.717) is 29.8 Å². The fourth-order valence-electron chi connectivity index (χ4n) is 3.98. The van der Waals surface area contributed by atoms with E-state index in [1.54, 1.807) is 29.2 Å². The monoisotopic (exact) mass is 414 g/mol. The number of aryl methyl sites for hydroxylation is 2. The molecule has 3 aromatic rings. The molecule has 1 aliphatic heterocycles. The summed E-state index contributed by atoms with van der Waals surface area (Å²) < 4.78 is 0. The lowest BCUT2D eigenvalue weighted by Gasteiger charge is -2.24. The minimum Gasteiger partial charge on any atom is -0.388 e. The van der Waals surface area contributed by atoms with Crippen molar-refractivity contribution < 1.29 is 14.7 Å². The summed E-state index contributed by atoms with van der Waals surface area (Å²) in [6, 6.07) is 20.2. The maximum atomic E-state index is 13.4. The van der Waals surface area contributed by atoms with Crippen LogP contribution in [0.4, 0.5) is 11.4 Å². The molecule has 1 unspecified atom stereocenters. The Bertz CT molecular complexity index is 1120. The summed E-state index contributed by atoms with van der Waals surface area (Å²) in [5.41, 5.74) is 5.24. The first kappa shape index (κ1) is 20.8. The molecular formula is C26H26N2O3. The van der Waals surface area contributed by atoms with E-state index >= 15 is 0 Å². The molecule has 1 aliphatic rings. The molecule has 0 spiro atoms. The number of para-hydroxylation sites is 1. The van der Waals surface area contributed by atoms with Gasteiger partial charge < -0.3 is 15.3 Å². The van der Waals surface area contributed by atoms with Crippen molar-refractivity contribution in [3.05, 3.63) is 94.5 Å². The minimum atomic E-state index is -0.561. The Kier molecular flexibility index (Phi) is 5.87. The number of rotatable bonds is 3. The third-order valence-electron chi connectivity index (χ3n) is 5.72. The van der Waals surface area contributed by atoms with Crippen molar-refractivity contribution >= 4 is 23.2 Å². The number of hydrogen-bond donors (Lipinski definition) is 2. The molecule has 4 rings (SSSR count). The van der Waals surface area contributed by atoms with Crippen LogP contribution in [0.15, 0.2) is 66.7 Å². The number of carbonyl (C=O) groups excluding carboxylic acids is 2. The maximum Gasteiger partial charge on any atom is 0.258 e. The Labute approximate surface area is 182 Å². The van der Waals surface area contributed by atoms with Crippen LogP contribution in [-0.4, -0.2) is 23.5 Å². The van der Waals surface area contributed by atoms with Gasteiger partial charge in [-0.15, -0.1) is 0 Å². The summed E-state index contributed by atoms with van der Waals surface area (Å²) in [7, 11) is 0. The maximum absolute atomic E-state index is 13.4. The Balaban J connectivity index is 1.57. The molecule has 1 atom stereocenters. The fraction of sp³-hybridized carbons (Fsp3) is 0.231. The van der Waals surface area contributed by atoms with E-state index in [1.807, 2.05) is 56.3 Å². The van der Waals surface area contributed by atoms with Crippen molar-refractivity contribution in [2.45, 2.75) is 32.8 Å². The van der Waals surface area contributed by atoms with Gasteiger partial charge in [-0.1, -0.05) is 35.9 Å². The normalized spacial score (nSPS) is 15.7. The molecule has 0 fully saturated rings. The molecule has 1 heterocycles. The summed E-state index contributed by atoms with van der Waals surface area (Å²) in [5, 5.41) is 13.3. The topological polar surface area (TPSA) is 69.6 Å². The third-order valence-corrected chi connectivity index (χ3v) is 5.72. The molecule has 0 aromatic heterocycles. The fourth-order valence-corrected chi connectivity index (χ4v) is 3.98. The lowest BCUT2D eigenvalue weighted by atomic mass is 10.0. The number of nitrogens with one attached hydrogen (secondary N) is 1. The van der Waals surface area contributed by atoms with Gasteiger partial charge in [0.25, 0.3) is 11.8 Å². The van der Waals surface area contributed by atoms with Crippen LogP contribution in [0, 0.1) is 13.8 Å². The minimum absolute atomic E-state index is 0.101. The Morgan fingerprint density at radius 3 is 2.48 bits per heavy atom. The van der Waals surface area contributed by atoms with E-state index in [-0.39, 0.29) is 11.8 Å². The highest BCUT2D eigenvalue weighted by atomic mass is 16.3. The molecule has 2 N–H and O–H groups in total. The quantitative estimate of drug-likeness (QED) is 0.632. The van der Waals surface area contributed by atoms with Crippen molar-refractivity contribution in [1.29, 1.82) is 0 Å². The van der Waals surface area contributed by atoms with Crippen LogP contribution in [0.1, 0.15) is 56.4 Å². The predicted octanol–water partition coefficient (Wildman–Crippen LogP) is 5.03. The summed E-state index contributed by atoms with van der Waals surface area (Å²) in [6.45, 7) is 4.40. The number of aliphatic hydroxyl groups is 1. The first-order valence-corrected chi connectivity index (χ1v) is 10.5. The van der Waals surface area contributed by atoms with Crippen LogP contribution >= 0.6 is 0 Å². The second kappa shape index (κ2) is 8.74. The van der Waals surface area contributed by atoms with E-state index in [4.69, 9.17) is 0 Å². The first-order chi connectivity index (χ1) is 14.9. The average molecular weight is 415 g/mol. The molecule has 5 heteroatoms. The van der Waals surface area contributed by atoms with Gasteiger partial charge in [0.2, 0.25) is 0 Å². The average Bonchev–Trinajstić information content (AvgIpc) is 2.93. The number of hydrogen-bond acceptors (Lipinski definition) is 3. The summed E-state index contributed by atoms with van der Waals surface area (Å²) in [5.74, 6) is -0.288. The van der Waals surface area contributed by atoms with Crippen LogP contribution in [0.25, 0.3) is 0 Å². The molecule has 0 saturated carbocycles. The van der Waals surface area contributed by atoms with E-state index in [2.05, 4.69) is 5.32 Å². The molecule has 0 bridgehead atoms. The molecule has 0 radical (unpaired) electrons. The zero-order valence-electron chi connectivity index (χ0n) is 17.8. The highest BCUT2D eigenvalue weighted by molar-refractivity contribution is 6.08. The highest BCUT2D eigenvalue weighted by Gasteiger charge is 2.26. The number of amides is 2. The van der Waals surface area contributed by atoms with Crippen LogP contribution in [-0.2, 0) is 0 Å². The molecule has 0 saturated heterocycles. The Morgan fingerprint density at radius 2 is 1.74 bits per heavy atom.